The van der Waals surface area contributed by atoms with E-state index >= 15 is 0 Å². The zero-order valence-corrected chi connectivity index (χ0v) is 10.9. The molecule has 0 aromatic heterocycles. The molecular weight excluding hydrogens is 273 g/mol. The molecule has 0 amide bonds. The largest absolute Gasteiger partial charge is 0.478 e. The summed E-state index contributed by atoms with van der Waals surface area (Å²) in [5.41, 5.74) is -0.0244. The minimum Gasteiger partial charge on any atom is -0.478 e. The third-order valence-electron chi connectivity index (χ3n) is 3.20. The van der Waals surface area contributed by atoms with E-state index in [0.717, 1.165) is 12.1 Å². The molecular formula is C12H14FNO4S. The highest BCUT2D eigenvalue weighted by Crippen LogP contribution is 2.21. The molecule has 2 N–H and O–H groups in total. The Hall–Kier alpha value is -1.63. The Balaban J connectivity index is 2.05. The van der Waals surface area contributed by atoms with Crippen LogP contribution in [0.25, 0.3) is 0 Å². The number of hydrogen-bond donors (Lipinski definition) is 2. The van der Waals surface area contributed by atoms with Gasteiger partial charge in [-0.3, -0.25) is 0 Å². The second-order valence-corrected chi connectivity index (χ2v) is 6.91. The van der Waals surface area contributed by atoms with Crippen molar-refractivity contribution in [3.8, 4) is 0 Å². The molecule has 1 aliphatic rings. The number of rotatable bonds is 4. The highest BCUT2D eigenvalue weighted by Gasteiger charge is 2.30. The van der Waals surface area contributed by atoms with Gasteiger partial charge in [0.15, 0.2) is 9.84 Å². The third kappa shape index (κ3) is 3.04. The topological polar surface area (TPSA) is 83.5 Å². The second-order valence-electron chi connectivity index (χ2n) is 4.51. The lowest BCUT2D eigenvalue weighted by atomic mass is 10.2. The molecule has 0 spiro atoms. The van der Waals surface area contributed by atoms with Gasteiger partial charge in [-0.25, -0.2) is 17.6 Å². The fourth-order valence-electron chi connectivity index (χ4n) is 2.12. The average molecular weight is 287 g/mol. The van der Waals surface area contributed by atoms with Gasteiger partial charge in [0.2, 0.25) is 0 Å². The molecule has 1 unspecified atom stereocenters. The van der Waals surface area contributed by atoms with Crippen LogP contribution in [0.1, 0.15) is 23.2 Å². The number of benzene rings is 1. The maximum atomic E-state index is 13.4. The standard InChI is InChI=1S/C12H14FNO4S/c13-11-6-8(3-4-10(11)12(15)16)14-7-9-2-1-5-19(9,17)18/h3-4,6,9,14H,1-2,5,7H2,(H,15,16). The second kappa shape index (κ2) is 5.16. The number of halogens is 1. The number of carboxylic acids is 1. The van der Waals surface area contributed by atoms with Gasteiger partial charge in [0.1, 0.15) is 5.82 Å². The number of nitrogens with one attached hydrogen (secondary N) is 1. The summed E-state index contributed by atoms with van der Waals surface area (Å²) in [5.74, 6) is -1.97. The van der Waals surface area contributed by atoms with Crippen molar-refractivity contribution in [2.45, 2.75) is 18.1 Å². The molecule has 1 saturated heterocycles. The highest BCUT2D eigenvalue weighted by molar-refractivity contribution is 7.92. The molecule has 1 aliphatic heterocycles. The van der Waals surface area contributed by atoms with Gasteiger partial charge in [-0.05, 0) is 31.0 Å². The molecule has 0 saturated carbocycles. The smallest absolute Gasteiger partial charge is 0.338 e. The van der Waals surface area contributed by atoms with Crippen LogP contribution < -0.4 is 5.32 Å². The lowest BCUT2D eigenvalue weighted by molar-refractivity contribution is 0.0692. The quantitative estimate of drug-likeness (QED) is 0.877. The van der Waals surface area contributed by atoms with Crippen LogP contribution >= 0.6 is 0 Å². The molecule has 104 valence electrons. The number of anilines is 1. The predicted molar refractivity (Wildman–Crippen MR) is 68.7 cm³/mol. The summed E-state index contributed by atoms with van der Waals surface area (Å²) in [5, 5.41) is 11.1. The SMILES string of the molecule is O=C(O)c1ccc(NCC2CCCS2(=O)=O)cc1F. The molecule has 1 atom stereocenters. The van der Waals surface area contributed by atoms with E-state index in [9.17, 15) is 17.6 Å². The van der Waals surface area contributed by atoms with Crippen LogP contribution in [0.5, 0.6) is 0 Å². The fourth-order valence-corrected chi connectivity index (χ4v) is 3.88. The van der Waals surface area contributed by atoms with E-state index in [4.69, 9.17) is 5.11 Å². The van der Waals surface area contributed by atoms with Crippen LogP contribution in [0, 0.1) is 5.82 Å². The Morgan fingerprint density at radius 2 is 2.21 bits per heavy atom. The average Bonchev–Trinajstić information content (AvgIpc) is 2.65. The van der Waals surface area contributed by atoms with Crippen molar-refractivity contribution >= 4 is 21.5 Å². The molecule has 1 fully saturated rings. The summed E-state index contributed by atoms with van der Waals surface area (Å²) in [4.78, 5) is 10.6. The molecule has 19 heavy (non-hydrogen) atoms. The van der Waals surface area contributed by atoms with Crippen molar-refractivity contribution in [2.75, 3.05) is 17.6 Å². The van der Waals surface area contributed by atoms with Gasteiger partial charge in [0.05, 0.1) is 16.6 Å². The van der Waals surface area contributed by atoms with Crippen LogP contribution in [-0.4, -0.2) is 37.0 Å². The zero-order valence-electron chi connectivity index (χ0n) is 10.1. The van der Waals surface area contributed by atoms with Crippen molar-refractivity contribution in [1.82, 2.24) is 0 Å². The van der Waals surface area contributed by atoms with Gasteiger partial charge in [0, 0.05) is 12.2 Å². The summed E-state index contributed by atoms with van der Waals surface area (Å²) in [6.45, 7) is 0.216. The van der Waals surface area contributed by atoms with Crippen molar-refractivity contribution in [3.05, 3.63) is 29.6 Å². The first kappa shape index (κ1) is 13.8. The molecule has 0 aliphatic carbocycles. The summed E-state index contributed by atoms with van der Waals surface area (Å²) >= 11 is 0. The van der Waals surface area contributed by atoms with Crippen LogP contribution in [0.3, 0.4) is 0 Å². The molecule has 1 aromatic rings. The first-order valence-electron chi connectivity index (χ1n) is 5.88. The first-order valence-corrected chi connectivity index (χ1v) is 7.60. The lowest BCUT2D eigenvalue weighted by Crippen LogP contribution is -2.25. The minimum absolute atomic E-state index is 0.200. The molecule has 7 heteroatoms. The Labute approximate surface area is 110 Å². The monoisotopic (exact) mass is 287 g/mol. The van der Waals surface area contributed by atoms with E-state index in [-0.39, 0.29) is 12.3 Å². The summed E-state index contributed by atoms with van der Waals surface area (Å²) < 4.78 is 36.6. The van der Waals surface area contributed by atoms with Gasteiger partial charge >= 0.3 is 5.97 Å². The lowest BCUT2D eigenvalue weighted by Gasteiger charge is -2.12. The van der Waals surface area contributed by atoms with E-state index in [1.165, 1.54) is 6.07 Å². The maximum Gasteiger partial charge on any atom is 0.338 e. The Morgan fingerprint density at radius 3 is 2.74 bits per heavy atom. The van der Waals surface area contributed by atoms with Crippen LogP contribution in [-0.2, 0) is 9.84 Å². The molecule has 2 rings (SSSR count). The molecule has 5 nitrogen and oxygen atoms in total. The van der Waals surface area contributed by atoms with Gasteiger partial charge < -0.3 is 10.4 Å². The Morgan fingerprint density at radius 1 is 1.47 bits per heavy atom. The zero-order chi connectivity index (χ0) is 14.0. The van der Waals surface area contributed by atoms with Crippen molar-refractivity contribution < 1.29 is 22.7 Å². The number of sulfone groups is 1. The normalized spacial score (nSPS) is 21.2. The van der Waals surface area contributed by atoms with Gasteiger partial charge in [0.25, 0.3) is 0 Å². The summed E-state index contributed by atoms with van der Waals surface area (Å²) in [6, 6.07) is 3.64. The fraction of sp³-hybridized carbons (Fsp3) is 0.417. The minimum atomic E-state index is -3.04. The third-order valence-corrected chi connectivity index (χ3v) is 5.47. The summed E-state index contributed by atoms with van der Waals surface area (Å²) in [6.07, 6.45) is 1.26. The van der Waals surface area contributed by atoms with Crippen molar-refractivity contribution in [2.24, 2.45) is 0 Å². The molecule has 0 radical (unpaired) electrons. The highest BCUT2D eigenvalue weighted by atomic mass is 32.2. The van der Waals surface area contributed by atoms with E-state index < -0.39 is 32.4 Å². The van der Waals surface area contributed by atoms with Crippen LogP contribution in [0.2, 0.25) is 0 Å². The molecule has 0 bridgehead atoms. The molecule has 1 heterocycles. The van der Waals surface area contributed by atoms with Crippen LogP contribution in [0.4, 0.5) is 10.1 Å². The number of hydrogen-bond acceptors (Lipinski definition) is 4. The Kier molecular flexibility index (Phi) is 3.75. The van der Waals surface area contributed by atoms with Crippen molar-refractivity contribution in [1.29, 1.82) is 0 Å². The predicted octanol–water partition coefficient (Wildman–Crippen LogP) is 1.51. The van der Waals surface area contributed by atoms with Gasteiger partial charge in [-0.15, -0.1) is 0 Å². The maximum absolute atomic E-state index is 13.4. The number of aromatic carboxylic acids is 1. The van der Waals surface area contributed by atoms with E-state index in [0.29, 0.717) is 18.5 Å². The first-order chi connectivity index (χ1) is 8.90. The van der Waals surface area contributed by atoms with Crippen molar-refractivity contribution in [3.63, 3.8) is 0 Å². The number of carbonyl (C=O) groups is 1. The molecule has 1 aromatic carbocycles. The van der Waals surface area contributed by atoms with E-state index in [1.54, 1.807) is 0 Å². The van der Waals surface area contributed by atoms with E-state index in [2.05, 4.69) is 5.32 Å². The Bertz CT molecular complexity index is 600. The summed E-state index contributed by atoms with van der Waals surface area (Å²) in [7, 11) is -3.04. The number of carboxylic acid groups (broad SMARTS) is 1. The van der Waals surface area contributed by atoms with E-state index in [1.807, 2.05) is 0 Å². The van der Waals surface area contributed by atoms with Crippen LogP contribution in [0.15, 0.2) is 18.2 Å². The van der Waals surface area contributed by atoms with Gasteiger partial charge in [-0.2, -0.15) is 0 Å². The van der Waals surface area contributed by atoms with Gasteiger partial charge in [-0.1, -0.05) is 0 Å².